The number of carboxylic acids is 1. The van der Waals surface area contributed by atoms with Gasteiger partial charge in [0.2, 0.25) is 0 Å². The summed E-state index contributed by atoms with van der Waals surface area (Å²) in [5.74, 6) is -1.41. The third-order valence-corrected chi connectivity index (χ3v) is 4.91. The number of carbonyl (C=O) groups is 2. The number of nitrogens with zero attached hydrogens (tertiary/aromatic N) is 2. The number of aliphatic carboxylic acids is 1. The molecule has 0 aliphatic carbocycles. The van der Waals surface area contributed by atoms with Crippen molar-refractivity contribution in [3.63, 3.8) is 0 Å². The molecule has 1 aromatic heterocycles. The van der Waals surface area contributed by atoms with Crippen LogP contribution in [0.25, 0.3) is 0 Å². The fourth-order valence-corrected chi connectivity index (χ4v) is 3.62. The van der Waals surface area contributed by atoms with Crippen molar-refractivity contribution in [1.29, 1.82) is 0 Å². The number of benzene rings is 1. The first-order valence-corrected chi connectivity index (χ1v) is 8.74. The van der Waals surface area contributed by atoms with E-state index in [9.17, 15) is 14.7 Å². The SMILES string of the molecule is CCCc1[nH]ncc1C(=O)N1C[C@@H](C(=O)O)[C@H](c2ccccc2OC)C1. The number of hydrogen-bond acceptors (Lipinski definition) is 4. The first-order valence-electron chi connectivity index (χ1n) is 8.74. The molecule has 26 heavy (non-hydrogen) atoms. The summed E-state index contributed by atoms with van der Waals surface area (Å²) in [5, 5.41) is 16.5. The number of hydrogen-bond donors (Lipinski definition) is 2. The molecule has 7 heteroatoms. The molecule has 1 aliphatic rings. The van der Waals surface area contributed by atoms with Gasteiger partial charge in [-0.05, 0) is 18.1 Å². The zero-order chi connectivity index (χ0) is 18.7. The summed E-state index contributed by atoms with van der Waals surface area (Å²) in [6.07, 6.45) is 3.15. The van der Waals surface area contributed by atoms with E-state index in [4.69, 9.17) is 4.74 Å². The normalized spacial score (nSPS) is 19.5. The average molecular weight is 357 g/mol. The Balaban J connectivity index is 1.89. The topological polar surface area (TPSA) is 95.5 Å². The summed E-state index contributed by atoms with van der Waals surface area (Å²) in [5.41, 5.74) is 2.14. The highest BCUT2D eigenvalue weighted by Gasteiger charge is 2.42. The minimum Gasteiger partial charge on any atom is -0.496 e. The lowest BCUT2D eigenvalue weighted by Crippen LogP contribution is -2.30. The minimum atomic E-state index is -0.905. The highest BCUT2D eigenvalue weighted by atomic mass is 16.5. The maximum Gasteiger partial charge on any atom is 0.308 e. The van der Waals surface area contributed by atoms with Gasteiger partial charge in [0, 0.05) is 24.7 Å². The van der Waals surface area contributed by atoms with Crippen molar-refractivity contribution in [1.82, 2.24) is 15.1 Å². The molecule has 0 bridgehead atoms. The number of aromatic nitrogens is 2. The van der Waals surface area contributed by atoms with Gasteiger partial charge in [0.05, 0.1) is 24.8 Å². The number of nitrogens with one attached hydrogen (secondary N) is 1. The molecule has 7 nitrogen and oxygen atoms in total. The molecule has 3 rings (SSSR count). The zero-order valence-electron chi connectivity index (χ0n) is 14.9. The molecule has 0 unspecified atom stereocenters. The maximum absolute atomic E-state index is 12.9. The van der Waals surface area contributed by atoms with Crippen molar-refractivity contribution in [3.05, 3.63) is 47.3 Å². The molecule has 1 aromatic carbocycles. The first-order chi connectivity index (χ1) is 12.6. The van der Waals surface area contributed by atoms with E-state index < -0.39 is 11.9 Å². The van der Waals surface area contributed by atoms with Crippen LogP contribution in [0.4, 0.5) is 0 Å². The lowest BCUT2D eigenvalue weighted by atomic mass is 9.88. The second-order valence-corrected chi connectivity index (χ2v) is 6.52. The van der Waals surface area contributed by atoms with Crippen LogP contribution in [0.3, 0.4) is 0 Å². The van der Waals surface area contributed by atoms with E-state index in [0.29, 0.717) is 17.9 Å². The Bertz CT molecular complexity index is 802. The van der Waals surface area contributed by atoms with E-state index in [1.807, 2.05) is 31.2 Å². The van der Waals surface area contributed by atoms with E-state index in [2.05, 4.69) is 10.2 Å². The third kappa shape index (κ3) is 3.29. The Morgan fingerprint density at radius 3 is 2.81 bits per heavy atom. The van der Waals surface area contributed by atoms with Crippen LogP contribution in [0.2, 0.25) is 0 Å². The molecule has 1 saturated heterocycles. The second-order valence-electron chi connectivity index (χ2n) is 6.52. The van der Waals surface area contributed by atoms with Crippen LogP contribution in [0, 0.1) is 5.92 Å². The van der Waals surface area contributed by atoms with Gasteiger partial charge in [0.15, 0.2) is 0 Å². The standard InChI is InChI=1S/C19H23N3O4/c1-3-6-16-13(9-20-21-16)18(23)22-10-14(15(11-22)19(24)25)12-7-4-5-8-17(12)26-2/h4-5,7-9,14-15H,3,6,10-11H2,1-2H3,(H,20,21)(H,24,25)/t14-,15+/m0/s1. The molecule has 1 amide bonds. The number of carboxylic acid groups (broad SMARTS) is 1. The Labute approximate surface area is 152 Å². The first kappa shape index (κ1) is 18.0. The Morgan fingerprint density at radius 2 is 2.12 bits per heavy atom. The zero-order valence-corrected chi connectivity index (χ0v) is 14.9. The number of para-hydroxylation sites is 1. The molecule has 138 valence electrons. The van der Waals surface area contributed by atoms with E-state index in [1.165, 1.54) is 6.20 Å². The number of aryl methyl sites for hydroxylation is 1. The van der Waals surface area contributed by atoms with Crippen LogP contribution < -0.4 is 4.74 Å². The largest absolute Gasteiger partial charge is 0.496 e. The average Bonchev–Trinajstić information content (AvgIpc) is 3.28. The molecule has 2 atom stereocenters. The van der Waals surface area contributed by atoms with E-state index in [0.717, 1.165) is 24.1 Å². The summed E-state index contributed by atoms with van der Waals surface area (Å²) in [6, 6.07) is 7.39. The van der Waals surface area contributed by atoms with Gasteiger partial charge >= 0.3 is 5.97 Å². The van der Waals surface area contributed by atoms with Gasteiger partial charge in [0.1, 0.15) is 5.75 Å². The van der Waals surface area contributed by atoms with Crippen LogP contribution in [-0.4, -0.2) is 52.3 Å². The number of methoxy groups -OCH3 is 1. The summed E-state index contributed by atoms with van der Waals surface area (Å²) < 4.78 is 5.39. The lowest BCUT2D eigenvalue weighted by molar-refractivity contribution is -0.141. The summed E-state index contributed by atoms with van der Waals surface area (Å²) >= 11 is 0. The van der Waals surface area contributed by atoms with Crippen LogP contribution in [-0.2, 0) is 11.2 Å². The molecule has 2 heterocycles. The molecular formula is C19H23N3O4. The van der Waals surface area contributed by atoms with Crippen molar-refractivity contribution in [2.75, 3.05) is 20.2 Å². The van der Waals surface area contributed by atoms with Crippen molar-refractivity contribution in [2.24, 2.45) is 5.92 Å². The van der Waals surface area contributed by atoms with Gasteiger partial charge in [-0.25, -0.2) is 0 Å². The van der Waals surface area contributed by atoms with E-state index in [1.54, 1.807) is 12.0 Å². The molecule has 0 spiro atoms. The lowest BCUT2D eigenvalue weighted by Gasteiger charge is -2.18. The van der Waals surface area contributed by atoms with Crippen molar-refractivity contribution < 1.29 is 19.4 Å². The molecule has 0 saturated carbocycles. The van der Waals surface area contributed by atoms with Crippen molar-refractivity contribution in [2.45, 2.75) is 25.7 Å². The quantitative estimate of drug-likeness (QED) is 0.827. The number of carbonyl (C=O) groups excluding carboxylic acids is 1. The van der Waals surface area contributed by atoms with Crippen LogP contribution in [0.15, 0.2) is 30.5 Å². The highest BCUT2D eigenvalue weighted by Crippen LogP contribution is 2.38. The smallest absolute Gasteiger partial charge is 0.308 e. The molecule has 2 N–H and O–H groups in total. The molecule has 0 radical (unpaired) electrons. The Kier molecular flexibility index (Phi) is 5.25. The van der Waals surface area contributed by atoms with Gasteiger partial charge in [-0.15, -0.1) is 0 Å². The molecule has 1 fully saturated rings. The predicted octanol–water partition coefficient (Wildman–Crippen LogP) is 2.31. The fourth-order valence-electron chi connectivity index (χ4n) is 3.62. The highest BCUT2D eigenvalue weighted by molar-refractivity contribution is 5.95. The summed E-state index contributed by atoms with van der Waals surface area (Å²) in [6.45, 7) is 2.55. The number of aromatic amines is 1. The van der Waals surface area contributed by atoms with Gasteiger partial charge in [-0.2, -0.15) is 5.10 Å². The summed E-state index contributed by atoms with van der Waals surface area (Å²) in [4.78, 5) is 26.4. The number of H-pyrrole nitrogens is 1. The molecular weight excluding hydrogens is 334 g/mol. The predicted molar refractivity (Wildman–Crippen MR) is 95.3 cm³/mol. The van der Waals surface area contributed by atoms with E-state index in [-0.39, 0.29) is 18.4 Å². The van der Waals surface area contributed by atoms with Crippen molar-refractivity contribution in [3.8, 4) is 5.75 Å². The van der Waals surface area contributed by atoms with Gasteiger partial charge in [0.25, 0.3) is 5.91 Å². The Morgan fingerprint density at radius 1 is 1.35 bits per heavy atom. The van der Waals surface area contributed by atoms with E-state index >= 15 is 0 Å². The molecule has 1 aliphatic heterocycles. The van der Waals surface area contributed by atoms with Gasteiger partial charge < -0.3 is 14.7 Å². The molecule has 2 aromatic rings. The fraction of sp³-hybridized carbons (Fsp3) is 0.421. The summed E-state index contributed by atoms with van der Waals surface area (Å²) in [7, 11) is 1.56. The number of likely N-dealkylation sites (tertiary alicyclic amines) is 1. The second kappa shape index (κ2) is 7.59. The van der Waals surface area contributed by atoms with Gasteiger partial charge in [-0.3, -0.25) is 14.7 Å². The van der Waals surface area contributed by atoms with Crippen LogP contribution in [0.5, 0.6) is 5.75 Å². The number of amides is 1. The van der Waals surface area contributed by atoms with Crippen LogP contribution >= 0.6 is 0 Å². The van der Waals surface area contributed by atoms with Gasteiger partial charge in [-0.1, -0.05) is 31.5 Å². The van der Waals surface area contributed by atoms with Crippen molar-refractivity contribution >= 4 is 11.9 Å². The monoisotopic (exact) mass is 357 g/mol. The Hall–Kier alpha value is -2.83. The maximum atomic E-state index is 12.9. The van der Waals surface area contributed by atoms with Crippen LogP contribution in [0.1, 0.15) is 40.9 Å². The minimum absolute atomic E-state index is 0.174. The third-order valence-electron chi connectivity index (χ3n) is 4.91. The number of rotatable bonds is 6. The number of ether oxygens (including phenoxy) is 1.